The van der Waals surface area contributed by atoms with Gasteiger partial charge in [-0.1, -0.05) is 0 Å². The number of rotatable bonds is 0. The topological polar surface area (TPSA) is 28.5 Å². The van der Waals surface area contributed by atoms with Gasteiger partial charge in [-0.25, -0.2) is 0 Å². The van der Waals surface area contributed by atoms with Crippen LogP contribution in [0.5, 0.6) is 0 Å². The zero-order chi connectivity index (χ0) is 0. The molecule has 0 saturated heterocycles. The Morgan fingerprint density at radius 3 is 1.00 bits per heavy atom. The molecule has 0 fully saturated rings. The zero-order valence-corrected chi connectivity index (χ0v) is 7.66. The van der Waals surface area contributed by atoms with Gasteiger partial charge in [0.1, 0.15) is 0 Å². The van der Waals surface area contributed by atoms with Gasteiger partial charge in [-0.3, -0.25) is 0 Å². The summed E-state index contributed by atoms with van der Waals surface area (Å²) in [6.45, 7) is 0. The minimum Gasteiger partial charge on any atom is -2.00 e. The van der Waals surface area contributed by atoms with Crippen molar-refractivity contribution in [3.8, 4) is 0 Å². The Morgan fingerprint density at radius 2 is 1.00 bits per heavy atom. The van der Waals surface area contributed by atoms with E-state index >= 15 is 0 Å². The van der Waals surface area contributed by atoms with Crippen molar-refractivity contribution >= 4 is 0 Å². The van der Waals surface area contributed by atoms with Gasteiger partial charge in [0.2, 0.25) is 0 Å². The van der Waals surface area contributed by atoms with E-state index in [0.29, 0.717) is 0 Å². The maximum atomic E-state index is 0. The van der Waals surface area contributed by atoms with E-state index in [1.54, 1.807) is 0 Å². The maximum Gasteiger partial charge on any atom is 5.00 e. The molecule has 0 unspecified atom stereocenters. The van der Waals surface area contributed by atoms with E-state index < -0.39 is 0 Å². The van der Waals surface area contributed by atoms with Crippen LogP contribution in [0.4, 0.5) is 0 Å². The van der Waals surface area contributed by atoms with Gasteiger partial charge in [0, 0.05) is 0 Å². The summed E-state index contributed by atoms with van der Waals surface area (Å²) in [5.41, 5.74) is 0. The summed E-state index contributed by atoms with van der Waals surface area (Å²) in [6.07, 6.45) is 0. The van der Waals surface area contributed by atoms with Crippen LogP contribution in [-0.4, -0.2) is 0 Å². The normalized spacial score (nSPS) is 0. The predicted molar refractivity (Wildman–Crippen MR) is 0.686 cm³/mol. The van der Waals surface area contributed by atoms with Crippen molar-refractivity contribution in [3.05, 3.63) is 0 Å². The van der Waals surface area contributed by atoms with Gasteiger partial charge in [-0.15, -0.1) is 0 Å². The van der Waals surface area contributed by atoms with Crippen molar-refractivity contribution < 1.29 is 66.8 Å². The average molecular weight is 299 g/mol. The second-order valence-electron chi connectivity index (χ2n) is 0. The van der Waals surface area contributed by atoms with Crippen molar-refractivity contribution in [2.24, 2.45) is 0 Å². The molecule has 0 N–H and O–H groups in total. The zero-order valence-electron chi connectivity index (χ0n) is 1.76. The molecule has 0 radical (unpaired) electrons. The first-order valence-corrected chi connectivity index (χ1v) is 0. The Kier molecular flexibility index (Phi) is 195. The first-order chi connectivity index (χ1) is 0. The monoisotopic (exact) mass is 299 g/mol. The van der Waals surface area contributed by atoms with Gasteiger partial charge in [-0.2, -0.15) is 0 Å². The fourth-order valence-corrected chi connectivity index (χ4v) is 0. The van der Waals surface area contributed by atoms with Crippen molar-refractivity contribution in [2.75, 3.05) is 0 Å². The molecule has 0 aliphatic rings. The molecular weight excluding hydrogens is 299 g/mol. The molecule has 0 aromatic rings. The summed E-state index contributed by atoms with van der Waals surface area (Å²) in [4.78, 5) is 0. The van der Waals surface area contributed by atoms with E-state index in [-0.39, 0.29) is 66.8 Å². The molecule has 1 nitrogen and oxygen atoms in total. The minimum atomic E-state index is 0. The van der Waals surface area contributed by atoms with Gasteiger partial charge >= 0.3 is 61.3 Å². The fourth-order valence-electron chi connectivity index (χ4n) is 0. The third-order valence-electron chi connectivity index (χ3n) is 0. The van der Waals surface area contributed by atoms with Crippen LogP contribution < -0.4 is 0 Å². The predicted octanol–water partition coefficient (Wildman–Crippen LogP) is -0.126. The van der Waals surface area contributed by atoms with E-state index in [4.69, 9.17) is 0 Å². The standard InChI is InChI=1S/O.Ti.V.W/q-2;+4;+5;+4. The first kappa shape index (κ1) is 38.4. The molecule has 4 heavy (non-hydrogen) atoms. The van der Waals surface area contributed by atoms with Crippen LogP contribution in [0.3, 0.4) is 0 Å². The molecule has 0 rings (SSSR count). The smallest absolute Gasteiger partial charge is 2.00 e. The molecule has 0 saturated carbocycles. The van der Waals surface area contributed by atoms with Gasteiger partial charge < -0.3 is 5.48 Å². The third kappa shape index (κ3) is 9.04. The number of hydrogen-bond acceptors (Lipinski definition) is 0. The Labute approximate surface area is 66.3 Å². The van der Waals surface area contributed by atoms with E-state index in [1.807, 2.05) is 0 Å². The molecule has 4 heteroatoms. The molecule has 0 heterocycles. The summed E-state index contributed by atoms with van der Waals surface area (Å²) < 4.78 is 0. The molecule has 10 valence electrons. The van der Waals surface area contributed by atoms with Crippen molar-refractivity contribution in [3.63, 3.8) is 0 Å². The van der Waals surface area contributed by atoms with Gasteiger partial charge in [0.05, 0.1) is 0 Å². The van der Waals surface area contributed by atoms with Crippen LogP contribution in [0.15, 0.2) is 0 Å². The summed E-state index contributed by atoms with van der Waals surface area (Å²) in [5.74, 6) is 0. The van der Waals surface area contributed by atoms with Crippen LogP contribution in [0.25, 0.3) is 0 Å². The maximum absolute atomic E-state index is 0. The van der Waals surface area contributed by atoms with Crippen LogP contribution in [0.1, 0.15) is 0 Å². The molecule has 0 aliphatic carbocycles. The SMILES string of the molecule is [O-2].[Ti+4].[V+5].[W+4]. The van der Waals surface area contributed by atoms with E-state index in [9.17, 15) is 0 Å². The Bertz CT molecular complexity index is 8.00. The molecule has 0 spiro atoms. The third-order valence-corrected chi connectivity index (χ3v) is 0. The van der Waals surface area contributed by atoms with Crippen LogP contribution in [0, 0.1) is 0 Å². The Morgan fingerprint density at radius 1 is 1.00 bits per heavy atom. The summed E-state index contributed by atoms with van der Waals surface area (Å²) in [6, 6.07) is 0. The van der Waals surface area contributed by atoms with Crippen molar-refractivity contribution in [1.82, 2.24) is 0 Å². The first-order valence-electron chi connectivity index (χ1n) is 0. The second-order valence-corrected chi connectivity index (χ2v) is 0. The molecule has 0 amide bonds. The average Bonchev–Trinajstić information content (AvgIpc) is 0. The second kappa shape index (κ2) is 20.3. The quantitative estimate of drug-likeness (QED) is 0.558. The molecule has 0 atom stereocenters. The van der Waals surface area contributed by atoms with Crippen LogP contribution in [0.2, 0.25) is 0 Å². The van der Waals surface area contributed by atoms with E-state index in [2.05, 4.69) is 0 Å². The number of hydrogen-bond donors (Lipinski definition) is 0. The minimum absolute atomic E-state index is 0. The molecule has 0 aromatic carbocycles. The summed E-state index contributed by atoms with van der Waals surface area (Å²) in [5, 5.41) is 0. The fraction of sp³-hybridized carbons (Fsp3) is 0. The van der Waals surface area contributed by atoms with Crippen molar-refractivity contribution in [2.45, 2.75) is 0 Å². The van der Waals surface area contributed by atoms with E-state index in [1.165, 1.54) is 0 Å². The Balaban J connectivity index is 0. The van der Waals surface area contributed by atoms with E-state index in [0.717, 1.165) is 0 Å². The van der Waals surface area contributed by atoms with Gasteiger partial charge in [-0.05, 0) is 0 Å². The molecule has 0 aromatic heterocycles. The Hall–Kier alpha value is 1.95. The van der Waals surface area contributed by atoms with Gasteiger partial charge in [0.15, 0.2) is 0 Å². The largest absolute Gasteiger partial charge is 5.00 e. The molecular formula is OTiVW+11. The summed E-state index contributed by atoms with van der Waals surface area (Å²) >= 11 is 0. The van der Waals surface area contributed by atoms with Gasteiger partial charge in [0.25, 0.3) is 0 Å². The van der Waals surface area contributed by atoms with Crippen LogP contribution >= 0.6 is 0 Å². The molecule has 0 bridgehead atoms. The van der Waals surface area contributed by atoms with Crippen LogP contribution in [-0.2, 0) is 66.8 Å². The molecule has 0 aliphatic heterocycles. The summed E-state index contributed by atoms with van der Waals surface area (Å²) in [7, 11) is 0. The van der Waals surface area contributed by atoms with Crippen molar-refractivity contribution in [1.29, 1.82) is 0 Å².